The summed E-state index contributed by atoms with van der Waals surface area (Å²) in [5.74, 6) is -0.00171. The van der Waals surface area contributed by atoms with Crippen LogP contribution in [-0.2, 0) is 0 Å². The standard InChI is InChI=1S/C16H22N4O2.ClH/c17-12-6-8-20(9-7-12)15(21)11-2-1-3-14(10-11)19-16(22)18-13-4-5-13;/h1-3,10,12-13H,4-9,17H2,(H2,18,19,22);1H. The molecule has 1 saturated carbocycles. The number of nitrogens with two attached hydrogens (primary N) is 1. The number of amides is 3. The van der Waals surface area contributed by atoms with Crippen molar-refractivity contribution in [2.24, 2.45) is 5.73 Å². The molecule has 6 nitrogen and oxygen atoms in total. The molecule has 3 amide bonds. The van der Waals surface area contributed by atoms with Crippen LogP contribution in [0.4, 0.5) is 10.5 Å². The second kappa shape index (κ2) is 7.66. The van der Waals surface area contributed by atoms with E-state index < -0.39 is 0 Å². The third kappa shape index (κ3) is 4.84. The maximum Gasteiger partial charge on any atom is 0.319 e. The first-order valence-corrected chi connectivity index (χ1v) is 7.84. The van der Waals surface area contributed by atoms with Gasteiger partial charge in [0.05, 0.1) is 0 Å². The normalized spacial score (nSPS) is 18.0. The lowest BCUT2D eigenvalue weighted by Gasteiger charge is -2.30. The lowest BCUT2D eigenvalue weighted by atomic mass is 10.0. The average molecular weight is 339 g/mol. The predicted molar refractivity (Wildman–Crippen MR) is 92.0 cm³/mol. The Morgan fingerprint density at radius 2 is 1.83 bits per heavy atom. The maximum absolute atomic E-state index is 12.5. The van der Waals surface area contributed by atoms with Gasteiger partial charge in [0.1, 0.15) is 0 Å². The van der Waals surface area contributed by atoms with Crippen molar-refractivity contribution >= 4 is 30.0 Å². The molecule has 2 fully saturated rings. The summed E-state index contributed by atoms with van der Waals surface area (Å²) in [5.41, 5.74) is 7.10. The van der Waals surface area contributed by atoms with Gasteiger partial charge in [-0.1, -0.05) is 6.07 Å². The molecule has 126 valence electrons. The summed E-state index contributed by atoms with van der Waals surface area (Å²) in [6, 6.07) is 7.37. The van der Waals surface area contributed by atoms with Crippen molar-refractivity contribution in [1.82, 2.24) is 10.2 Å². The number of urea groups is 1. The summed E-state index contributed by atoms with van der Waals surface area (Å²) in [5, 5.41) is 5.64. The second-order valence-corrected chi connectivity index (χ2v) is 6.08. The molecule has 0 radical (unpaired) electrons. The highest BCUT2D eigenvalue weighted by atomic mass is 35.5. The smallest absolute Gasteiger partial charge is 0.319 e. The number of rotatable bonds is 3. The van der Waals surface area contributed by atoms with Gasteiger partial charge in [-0.2, -0.15) is 0 Å². The molecule has 1 aromatic carbocycles. The number of hydrogen-bond donors (Lipinski definition) is 3. The molecule has 7 heteroatoms. The van der Waals surface area contributed by atoms with Crippen molar-refractivity contribution in [3.63, 3.8) is 0 Å². The number of carbonyl (C=O) groups is 2. The molecule has 1 aliphatic heterocycles. The zero-order valence-corrected chi connectivity index (χ0v) is 13.8. The first-order chi connectivity index (χ1) is 10.6. The van der Waals surface area contributed by atoms with Crippen LogP contribution in [0.25, 0.3) is 0 Å². The zero-order valence-electron chi connectivity index (χ0n) is 13.0. The van der Waals surface area contributed by atoms with E-state index in [1.54, 1.807) is 24.3 Å². The van der Waals surface area contributed by atoms with Gasteiger partial charge in [0.25, 0.3) is 5.91 Å². The summed E-state index contributed by atoms with van der Waals surface area (Å²) >= 11 is 0. The van der Waals surface area contributed by atoms with Gasteiger partial charge in [0.2, 0.25) is 0 Å². The summed E-state index contributed by atoms with van der Waals surface area (Å²) in [6.45, 7) is 1.39. The van der Waals surface area contributed by atoms with E-state index >= 15 is 0 Å². The van der Waals surface area contributed by atoms with Crippen LogP contribution < -0.4 is 16.4 Å². The molecule has 23 heavy (non-hydrogen) atoms. The molecule has 0 atom stereocenters. The van der Waals surface area contributed by atoms with Gasteiger partial charge in [-0.15, -0.1) is 12.4 Å². The van der Waals surface area contributed by atoms with Crippen LogP contribution >= 0.6 is 12.4 Å². The Morgan fingerprint density at radius 3 is 2.48 bits per heavy atom. The van der Waals surface area contributed by atoms with Crippen LogP contribution in [0.5, 0.6) is 0 Å². The van der Waals surface area contributed by atoms with Crippen molar-refractivity contribution in [3.8, 4) is 0 Å². The minimum absolute atomic E-state index is 0. The highest BCUT2D eigenvalue weighted by Crippen LogP contribution is 2.19. The highest BCUT2D eigenvalue weighted by molar-refractivity contribution is 5.97. The van der Waals surface area contributed by atoms with Crippen molar-refractivity contribution in [2.75, 3.05) is 18.4 Å². The Kier molecular flexibility index (Phi) is 5.85. The van der Waals surface area contributed by atoms with Gasteiger partial charge in [-0.3, -0.25) is 4.79 Å². The Balaban J connectivity index is 0.00000192. The predicted octanol–water partition coefficient (Wildman–Crippen LogP) is 1.96. The molecule has 1 heterocycles. The van der Waals surface area contributed by atoms with E-state index in [1.807, 2.05) is 4.90 Å². The topological polar surface area (TPSA) is 87.5 Å². The number of nitrogens with zero attached hydrogens (tertiary/aromatic N) is 1. The highest BCUT2D eigenvalue weighted by Gasteiger charge is 2.24. The number of nitrogens with one attached hydrogen (secondary N) is 2. The van der Waals surface area contributed by atoms with Crippen LogP contribution in [0.1, 0.15) is 36.0 Å². The quantitative estimate of drug-likeness (QED) is 0.787. The van der Waals surface area contributed by atoms with Crippen molar-refractivity contribution in [1.29, 1.82) is 0 Å². The summed E-state index contributed by atoms with van der Waals surface area (Å²) in [6.07, 6.45) is 3.77. The summed E-state index contributed by atoms with van der Waals surface area (Å²) < 4.78 is 0. The van der Waals surface area contributed by atoms with E-state index in [2.05, 4.69) is 10.6 Å². The lowest BCUT2D eigenvalue weighted by molar-refractivity contribution is 0.0715. The summed E-state index contributed by atoms with van der Waals surface area (Å²) in [4.78, 5) is 26.1. The van der Waals surface area contributed by atoms with E-state index in [4.69, 9.17) is 5.73 Å². The first kappa shape index (κ1) is 17.6. The molecule has 1 aromatic rings. The molecular formula is C16H23ClN4O2. The molecule has 3 rings (SSSR count). The van der Waals surface area contributed by atoms with Crippen molar-refractivity contribution < 1.29 is 9.59 Å². The molecule has 0 unspecified atom stereocenters. The number of hydrogen-bond acceptors (Lipinski definition) is 3. The van der Waals surface area contributed by atoms with Crippen LogP contribution in [0.3, 0.4) is 0 Å². The Labute approximate surface area is 142 Å². The van der Waals surface area contributed by atoms with Gasteiger partial charge in [-0.25, -0.2) is 4.79 Å². The van der Waals surface area contributed by atoms with Gasteiger partial charge < -0.3 is 21.3 Å². The van der Waals surface area contributed by atoms with E-state index in [1.165, 1.54) is 0 Å². The largest absolute Gasteiger partial charge is 0.339 e. The first-order valence-electron chi connectivity index (χ1n) is 7.84. The van der Waals surface area contributed by atoms with E-state index in [0.29, 0.717) is 30.4 Å². The fourth-order valence-electron chi connectivity index (χ4n) is 2.60. The number of carbonyl (C=O) groups excluding carboxylic acids is 2. The molecule has 1 saturated heterocycles. The molecule has 1 aliphatic carbocycles. The van der Waals surface area contributed by atoms with E-state index in [-0.39, 0.29) is 30.4 Å². The maximum atomic E-state index is 12.5. The number of halogens is 1. The molecule has 4 N–H and O–H groups in total. The van der Waals surface area contributed by atoms with Crippen LogP contribution in [0.15, 0.2) is 24.3 Å². The zero-order chi connectivity index (χ0) is 15.5. The molecule has 0 bridgehead atoms. The fourth-order valence-corrected chi connectivity index (χ4v) is 2.60. The van der Waals surface area contributed by atoms with Gasteiger partial charge in [0.15, 0.2) is 0 Å². The van der Waals surface area contributed by atoms with Crippen molar-refractivity contribution in [2.45, 2.75) is 37.8 Å². The molecular weight excluding hydrogens is 316 g/mol. The minimum Gasteiger partial charge on any atom is -0.339 e. The number of anilines is 1. The number of benzene rings is 1. The number of piperidine rings is 1. The van der Waals surface area contributed by atoms with Crippen LogP contribution in [0.2, 0.25) is 0 Å². The van der Waals surface area contributed by atoms with E-state index in [0.717, 1.165) is 25.7 Å². The SMILES string of the molecule is Cl.NC1CCN(C(=O)c2cccc(NC(=O)NC3CC3)c2)CC1. The molecule has 0 spiro atoms. The van der Waals surface area contributed by atoms with E-state index in [9.17, 15) is 9.59 Å². The summed E-state index contributed by atoms with van der Waals surface area (Å²) in [7, 11) is 0. The average Bonchev–Trinajstić information content (AvgIpc) is 3.31. The third-order valence-corrected chi connectivity index (χ3v) is 4.11. The Bertz CT molecular complexity index is 569. The van der Waals surface area contributed by atoms with Gasteiger partial charge >= 0.3 is 6.03 Å². The molecule has 2 aliphatic rings. The second-order valence-electron chi connectivity index (χ2n) is 6.08. The Hall–Kier alpha value is -1.79. The number of likely N-dealkylation sites (tertiary alicyclic amines) is 1. The van der Waals surface area contributed by atoms with Gasteiger partial charge in [-0.05, 0) is 43.9 Å². The fraction of sp³-hybridized carbons (Fsp3) is 0.500. The molecule has 0 aromatic heterocycles. The monoisotopic (exact) mass is 338 g/mol. The van der Waals surface area contributed by atoms with Crippen molar-refractivity contribution in [3.05, 3.63) is 29.8 Å². The Morgan fingerprint density at radius 1 is 1.13 bits per heavy atom. The van der Waals surface area contributed by atoms with Gasteiger partial charge in [0, 0.05) is 36.4 Å². The van der Waals surface area contributed by atoms with Crippen LogP contribution in [-0.4, -0.2) is 42.0 Å². The minimum atomic E-state index is -0.212. The third-order valence-electron chi connectivity index (χ3n) is 4.11. The van der Waals surface area contributed by atoms with Crippen LogP contribution in [0, 0.1) is 0 Å². The lowest BCUT2D eigenvalue weighted by Crippen LogP contribution is -2.42.